The zero-order chi connectivity index (χ0) is 15.9. The zero-order valence-electron chi connectivity index (χ0n) is 13.5. The smallest absolute Gasteiger partial charge is 0.137 e. The maximum Gasteiger partial charge on any atom is 0.137 e. The lowest BCUT2D eigenvalue weighted by atomic mass is 9.86. The van der Waals surface area contributed by atoms with Gasteiger partial charge in [-0.1, -0.05) is 51.1 Å². The molecular formula is C19H21ClN2. The second-order valence-electron chi connectivity index (χ2n) is 6.73. The minimum absolute atomic E-state index is 0.156. The standard InChI is InChI=1S/C19H21ClN2/c1-13-6-5-7-17-21-18(16(12-20)22(13)17)14-8-10-15(11-9-14)19(2,3)4/h5-11H,12H2,1-4H3. The van der Waals surface area contributed by atoms with Crippen molar-refractivity contribution < 1.29 is 0 Å². The summed E-state index contributed by atoms with van der Waals surface area (Å²) in [6.07, 6.45) is 0. The number of imidazole rings is 1. The summed E-state index contributed by atoms with van der Waals surface area (Å²) in [6.45, 7) is 8.75. The molecule has 0 aliphatic rings. The van der Waals surface area contributed by atoms with Gasteiger partial charge in [-0.2, -0.15) is 0 Å². The summed E-state index contributed by atoms with van der Waals surface area (Å²) in [4.78, 5) is 4.78. The van der Waals surface area contributed by atoms with E-state index in [0.29, 0.717) is 5.88 Å². The van der Waals surface area contributed by atoms with E-state index in [2.05, 4.69) is 62.4 Å². The molecule has 0 N–H and O–H groups in total. The molecule has 3 aromatic rings. The van der Waals surface area contributed by atoms with Crippen molar-refractivity contribution in [2.75, 3.05) is 0 Å². The number of hydrogen-bond acceptors (Lipinski definition) is 1. The average molecular weight is 313 g/mol. The molecule has 0 saturated carbocycles. The van der Waals surface area contributed by atoms with E-state index in [0.717, 1.165) is 28.3 Å². The molecule has 0 atom stereocenters. The van der Waals surface area contributed by atoms with Crippen LogP contribution >= 0.6 is 11.6 Å². The third kappa shape index (κ3) is 2.52. The third-order valence-corrected chi connectivity index (χ3v) is 4.34. The summed E-state index contributed by atoms with van der Waals surface area (Å²) in [5, 5.41) is 0. The number of hydrogen-bond donors (Lipinski definition) is 0. The molecule has 1 aromatic carbocycles. The predicted octanol–water partition coefficient (Wildman–Crippen LogP) is 5.35. The summed E-state index contributed by atoms with van der Waals surface area (Å²) in [7, 11) is 0. The molecule has 2 heterocycles. The Kier molecular flexibility index (Phi) is 3.73. The number of aryl methyl sites for hydroxylation is 1. The Morgan fingerprint density at radius 1 is 1.05 bits per heavy atom. The molecule has 3 heteroatoms. The number of pyridine rings is 1. The molecule has 0 spiro atoms. The molecule has 0 unspecified atom stereocenters. The third-order valence-electron chi connectivity index (χ3n) is 4.09. The summed E-state index contributed by atoms with van der Waals surface area (Å²) in [5.41, 5.74) is 6.73. The molecule has 2 nitrogen and oxygen atoms in total. The first kappa shape index (κ1) is 15.1. The molecule has 2 aromatic heterocycles. The fourth-order valence-corrected chi connectivity index (χ4v) is 3.05. The van der Waals surface area contributed by atoms with Crippen LogP contribution in [0.25, 0.3) is 16.9 Å². The molecule has 0 radical (unpaired) electrons. The molecule has 0 bridgehead atoms. The number of benzene rings is 1. The highest BCUT2D eigenvalue weighted by molar-refractivity contribution is 6.17. The molecule has 0 fully saturated rings. The maximum absolute atomic E-state index is 6.22. The Morgan fingerprint density at radius 2 is 1.73 bits per heavy atom. The van der Waals surface area contributed by atoms with Gasteiger partial charge < -0.3 is 0 Å². The van der Waals surface area contributed by atoms with Gasteiger partial charge in [-0.05, 0) is 30.0 Å². The minimum Gasteiger partial charge on any atom is -0.299 e. The lowest BCUT2D eigenvalue weighted by Gasteiger charge is -2.19. The fraction of sp³-hybridized carbons (Fsp3) is 0.316. The first-order valence-electron chi connectivity index (χ1n) is 7.55. The highest BCUT2D eigenvalue weighted by atomic mass is 35.5. The SMILES string of the molecule is Cc1cccc2nc(-c3ccc(C(C)(C)C)cc3)c(CCl)n12. The van der Waals surface area contributed by atoms with Crippen molar-refractivity contribution >= 4 is 17.2 Å². The number of nitrogens with zero attached hydrogens (tertiary/aromatic N) is 2. The number of aromatic nitrogens is 2. The lowest BCUT2D eigenvalue weighted by Crippen LogP contribution is -2.10. The van der Waals surface area contributed by atoms with E-state index < -0.39 is 0 Å². The number of fused-ring (bicyclic) bond motifs is 1. The van der Waals surface area contributed by atoms with Gasteiger partial charge in [0.05, 0.1) is 17.3 Å². The topological polar surface area (TPSA) is 17.3 Å². The highest BCUT2D eigenvalue weighted by Crippen LogP contribution is 2.29. The number of rotatable bonds is 2. The summed E-state index contributed by atoms with van der Waals surface area (Å²) in [5.74, 6) is 0.447. The van der Waals surface area contributed by atoms with Gasteiger partial charge in [0.1, 0.15) is 5.65 Å². The predicted molar refractivity (Wildman–Crippen MR) is 93.6 cm³/mol. The minimum atomic E-state index is 0.156. The molecule has 0 aliphatic heterocycles. The van der Waals surface area contributed by atoms with Crippen molar-refractivity contribution in [1.82, 2.24) is 9.38 Å². The van der Waals surface area contributed by atoms with Crippen molar-refractivity contribution in [3.63, 3.8) is 0 Å². The Bertz CT molecular complexity index is 808. The van der Waals surface area contributed by atoms with E-state index in [-0.39, 0.29) is 5.41 Å². The zero-order valence-corrected chi connectivity index (χ0v) is 14.3. The maximum atomic E-state index is 6.22. The van der Waals surface area contributed by atoms with E-state index in [1.807, 2.05) is 12.1 Å². The molecule has 22 heavy (non-hydrogen) atoms. The van der Waals surface area contributed by atoms with E-state index in [1.165, 1.54) is 5.56 Å². The lowest BCUT2D eigenvalue weighted by molar-refractivity contribution is 0.590. The first-order chi connectivity index (χ1) is 10.4. The summed E-state index contributed by atoms with van der Waals surface area (Å²) in [6, 6.07) is 14.8. The second kappa shape index (κ2) is 5.44. The van der Waals surface area contributed by atoms with Crippen LogP contribution in [0.5, 0.6) is 0 Å². The molecule has 0 amide bonds. The highest BCUT2D eigenvalue weighted by Gasteiger charge is 2.16. The summed E-state index contributed by atoms with van der Waals surface area (Å²) < 4.78 is 2.14. The van der Waals surface area contributed by atoms with E-state index in [1.54, 1.807) is 0 Å². The van der Waals surface area contributed by atoms with Crippen LogP contribution in [0.2, 0.25) is 0 Å². The second-order valence-corrected chi connectivity index (χ2v) is 7.00. The number of halogens is 1. The first-order valence-corrected chi connectivity index (χ1v) is 8.09. The van der Waals surface area contributed by atoms with E-state index in [9.17, 15) is 0 Å². The molecule has 0 saturated heterocycles. The molecule has 114 valence electrons. The van der Waals surface area contributed by atoms with Crippen LogP contribution in [0.3, 0.4) is 0 Å². The Labute approximate surface area is 136 Å². The van der Waals surface area contributed by atoms with Gasteiger partial charge in [0.15, 0.2) is 0 Å². The van der Waals surface area contributed by atoms with Gasteiger partial charge in [0.25, 0.3) is 0 Å². The number of alkyl halides is 1. The van der Waals surface area contributed by atoms with Crippen molar-refractivity contribution in [3.05, 3.63) is 59.4 Å². The van der Waals surface area contributed by atoms with Crippen LogP contribution in [0, 0.1) is 6.92 Å². The largest absolute Gasteiger partial charge is 0.299 e. The Hall–Kier alpha value is -1.80. The van der Waals surface area contributed by atoms with Crippen LogP contribution in [0.15, 0.2) is 42.5 Å². The van der Waals surface area contributed by atoms with Gasteiger partial charge in [0.2, 0.25) is 0 Å². The van der Waals surface area contributed by atoms with Crippen LogP contribution in [-0.2, 0) is 11.3 Å². The van der Waals surface area contributed by atoms with Crippen molar-refractivity contribution in [2.24, 2.45) is 0 Å². The fourth-order valence-electron chi connectivity index (χ4n) is 2.81. The van der Waals surface area contributed by atoms with Crippen molar-refractivity contribution in [1.29, 1.82) is 0 Å². The van der Waals surface area contributed by atoms with Gasteiger partial charge in [-0.3, -0.25) is 4.40 Å². The van der Waals surface area contributed by atoms with Crippen LogP contribution < -0.4 is 0 Å². The Morgan fingerprint density at radius 3 is 2.32 bits per heavy atom. The van der Waals surface area contributed by atoms with E-state index in [4.69, 9.17) is 16.6 Å². The Balaban J connectivity index is 2.16. The molecular weight excluding hydrogens is 292 g/mol. The average Bonchev–Trinajstić information content (AvgIpc) is 2.86. The quantitative estimate of drug-likeness (QED) is 0.583. The van der Waals surface area contributed by atoms with Crippen molar-refractivity contribution in [3.8, 4) is 11.3 Å². The van der Waals surface area contributed by atoms with E-state index >= 15 is 0 Å². The molecule has 3 rings (SSSR count). The van der Waals surface area contributed by atoms with Gasteiger partial charge in [-0.15, -0.1) is 11.6 Å². The van der Waals surface area contributed by atoms with Crippen LogP contribution in [0.1, 0.15) is 37.7 Å². The van der Waals surface area contributed by atoms with Gasteiger partial charge in [0, 0.05) is 11.3 Å². The van der Waals surface area contributed by atoms with Crippen molar-refractivity contribution in [2.45, 2.75) is 39.0 Å². The van der Waals surface area contributed by atoms with Gasteiger partial charge in [-0.25, -0.2) is 4.98 Å². The monoisotopic (exact) mass is 312 g/mol. The molecule has 0 aliphatic carbocycles. The normalized spacial score (nSPS) is 12.0. The van der Waals surface area contributed by atoms with Crippen LogP contribution in [-0.4, -0.2) is 9.38 Å². The summed E-state index contributed by atoms with van der Waals surface area (Å²) >= 11 is 6.22. The van der Waals surface area contributed by atoms with Crippen LogP contribution in [0.4, 0.5) is 0 Å². The van der Waals surface area contributed by atoms with Gasteiger partial charge >= 0.3 is 0 Å².